The second-order valence-corrected chi connectivity index (χ2v) is 6.84. The van der Waals surface area contributed by atoms with Crippen molar-refractivity contribution in [2.75, 3.05) is 43.6 Å². The minimum absolute atomic E-state index is 0.552. The van der Waals surface area contributed by atoms with Gasteiger partial charge in [0.1, 0.15) is 5.82 Å². The summed E-state index contributed by atoms with van der Waals surface area (Å²) >= 11 is 0. The summed E-state index contributed by atoms with van der Waals surface area (Å²) in [6.45, 7) is 8.12. The third kappa shape index (κ3) is 5.76. The van der Waals surface area contributed by atoms with Gasteiger partial charge in [-0.15, -0.1) is 0 Å². The van der Waals surface area contributed by atoms with Gasteiger partial charge in [-0.25, -0.2) is 9.98 Å². The standard InChI is InChI=1S/C22H31N5O2/c1-4-23-22(26-18-9-10-19(29-5-2)20(14-18)28-3)25-16-17-8-11-21(24-15-17)27-12-6-7-13-27/h8-11,14-15H,4-7,12-13,16H2,1-3H3,(H2,23,25,26). The van der Waals surface area contributed by atoms with Crippen molar-refractivity contribution in [3.05, 3.63) is 42.1 Å². The van der Waals surface area contributed by atoms with Crippen LogP contribution in [0.1, 0.15) is 32.3 Å². The lowest BCUT2D eigenvalue weighted by atomic mass is 10.2. The fourth-order valence-corrected chi connectivity index (χ4v) is 3.28. The van der Waals surface area contributed by atoms with Gasteiger partial charge in [0.15, 0.2) is 17.5 Å². The van der Waals surface area contributed by atoms with E-state index < -0.39 is 0 Å². The Labute approximate surface area is 173 Å². The molecule has 7 heteroatoms. The number of nitrogens with zero attached hydrogens (tertiary/aromatic N) is 3. The Bertz CT molecular complexity index is 801. The number of hydrogen-bond acceptors (Lipinski definition) is 5. The van der Waals surface area contributed by atoms with Gasteiger partial charge < -0.3 is 25.0 Å². The molecule has 1 aromatic carbocycles. The minimum Gasteiger partial charge on any atom is -0.493 e. The first-order valence-corrected chi connectivity index (χ1v) is 10.3. The van der Waals surface area contributed by atoms with E-state index in [-0.39, 0.29) is 0 Å². The topological polar surface area (TPSA) is 71.0 Å². The number of aromatic nitrogens is 1. The van der Waals surface area contributed by atoms with E-state index >= 15 is 0 Å². The molecule has 0 unspecified atom stereocenters. The number of methoxy groups -OCH3 is 1. The first kappa shape index (κ1) is 20.8. The molecule has 1 aliphatic heterocycles. The molecule has 3 rings (SSSR count). The number of anilines is 2. The fraction of sp³-hybridized carbons (Fsp3) is 0.455. The highest BCUT2D eigenvalue weighted by molar-refractivity contribution is 5.93. The summed E-state index contributed by atoms with van der Waals surface area (Å²) in [4.78, 5) is 11.6. The van der Waals surface area contributed by atoms with E-state index in [2.05, 4.69) is 37.6 Å². The van der Waals surface area contributed by atoms with Crippen LogP contribution in [0.5, 0.6) is 11.5 Å². The Kier molecular flexibility index (Phi) is 7.55. The van der Waals surface area contributed by atoms with Crippen molar-refractivity contribution >= 4 is 17.5 Å². The van der Waals surface area contributed by atoms with Crippen LogP contribution in [-0.4, -0.2) is 44.3 Å². The molecule has 2 heterocycles. The summed E-state index contributed by atoms with van der Waals surface area (Å²) in [5, 5.41) is 6.60. The third-order valence-corrected chi connectivity index (χ3v) is 4.73. The lowest BCUT2D eigenvalue weighted by Gasteiger charge is -2.16. The molecule has 0 amide bonds. The highest BCUT2D eigenvalue weighted by Gasteiger charge is 2.13. The Morgan fingerprint density at radius 1 is 1.14 bits per heavy atom. The van der Waals surface area contributed by atoms with Gasteiger partial charge in [0.2, 0.25) is 0 Å². The molecule has 7 nitrogen and oxygen atoms in total. The van der Waals surface area contributed by atoms with Crippen molar-refractivity contribution in [3.63, 3.8) is 0 Å². The molecule has 1 fully saturated rings. The van der Waals surface area contributed by atoms with Crippen LogP contribution in [0.3, 0.4) is 0 Å². The van der Waals surface area contributed by atoms with Crippen molar-refractivity contribution in [2.45, 2.75) is 33.2 Å². The zero-order valence-corrected chi connectivity index (χ0v) is 17.6. The molecule has 0 atom stereocenters. The first-order valence-electron chi connectivity index (χ1n) is 10.3. The molecular weight excluding hydrogens is 366 g/mol. The number of aliphatic imine (C=N–C) groups is 1. The highest BCUT2D eigenvalue weighted by atomic mass is 16.5. The van der Waals surface area contributed by atoms with Crippen LogP contribution in [0.15, 0.2) is 41.5 Å². The Morgan fingerprint density at radius 2 is 1.97 bits per heavy atom. The average Bonchev–Trinajstić information content (AvgIpc) is 3.29. The normalized spacial score (nSPS) is 14.0. The Balaban J connectivity index is 1.66. The van der Waals surface area contributed by atoms with Crippen molar-refractivity contribution in [1.82, 2.24) is 10.3 Å². The van der Waals surface area contributed by atoms with Crippen LogP contribution in [0, 0.1) is 0 Å². The molecule has 1 aliphatic rings. The predicted octanol–water partition coefficient (Wildman–Crippen LogP) is 3.67. The van der Waals surface area contributed by atoms with Crippen LogP contribution in [0.4, 0.5) is 11.5 Å². The van der Waals surface area contributed by atoms with Gasteiger partial charge >= 0.3 is 0 Å². The fourth-order valence-electron chi connectivity index (χ4n) is 3.28. The molecule has 1 aromatic heterocycles. The van der Waals surface area contributed by atoms with Gasteiger partial charge in [-0.3, -0.25) is 0 Å². The van der Waals surface area contributed by atoms with E-state index in [1.54, 1.807) is 7.11 Å². The number of guanidine groups is 1. The van der Waals surface area contributed by atoms with E-state index in [9.17, 15) is 0 Å². The maximum absolute atomic E-state index is 5.58. The molecule has 0 saturated carbocycles. The third-order valence-electron chi connectivity index (χ3n) is 4.73. The molecule has 2 aromatic rings. The number of ether oxygens (including phenoxy) is 2. The maximum Gasteiger partial charge on any atom is 0.196 e. The van der Waals surface area contributed by atoms with Crippen molar-refractivity contribution < 1.29 is 9.47 Å². The molecule has 2 N–H and O–H groups in total. The van der Waals surface area contributed by atoms with Crippen LogP contribution in [-0.2, 0) is 6.54 Å². The minimum atomic E-state index is 0.552. The first-order chi connectivity index (χ1) is 14.2. The summed E-state index contributed by atoms with van der Waals surface area (Å²) in [6.07, 6.45) is 4.42. The molecule has 156 valence electrons. The predicted molar refractivity (Wildman–Crippen MR) is 118 cm³/mol. The molecule has 0 bridgehead atoms. The lowest BCUT2D eigenvalue weighted by Crippen LogP contribution is -2.30. The van der Waals surface area contributed by atoms with Crippen LogP contribution in [0.25, 0.3) is 0 Å². The van der Waals surface area contributed by atoms with Crippen LogP contribution >= 0.6 is 0 Å². The lowest BCUT2D eigenvalue weighted by molar-refractivity contribution is 0.311. The summed E-state index contributed by atoms with van der Waals surface area (Å²) in [5.41, 5.74) is 1.96. The van der Waals surface area contributed by atoms with Crippen molar-refractivity contribution in [3.8, 4) is 11.5 Å². The molecule has 29 heavy (non-hydrogen) atoms. The monoisotopic (exact) mass is 397 g/mol. The van der Waals surface area contributed by atoms with Gasteiger partial charge in [-0.2, -0.15) is 0 Å². The van der Waals surface area contributed by atoms with Gasteiger partial charge in [0.25, 0.3) is 0 Å². The van der Waals surface area contributed by atoms with Crippen LogP contribution < -0.4 is 25.0 Å². The molecule has 1 saturated heterocycles. The summed E-state index contributed by atoms with van der Waals surface area (Å²) in [7, 11) is 1.64. The summed E-state index contributed by atoms with van der Waals surface area (Å²) < 4.78 is 11.0. The molecule has 0 radical (unpaired) electrons. The quantitative estimate of drug-likeness (QED) is 0.523. The zero-order valence-electron chi connectivity index (χ0n) is 17.6. The second kappa shape index (κ2) is 10.5. The number of nitrogens with one attached hydrogen (secondary N) is 2. The number of rotatable bonds is 8. The Hall–Kier alpha value is -2.96. The van der Waals surface area contributed by atoms with Gasteiger partial charge in [-0.1, -0.05) is 6.07 Å². The average molecular weight is 398 g/mol. The Morgan fingerprint density at radius 3 is 2.62 bits per heavy atom. The van der Waals surface area contributed by atoms with E-state index in [0.717, 1.165) is 42.5 Å². The van der Waals surface area contributed by atoms with E-state index in [4.69, 9.17) is 9.47 Å². The van der Waals surface area contributed by atoms with Gasteiger partial charge in [-0.05, 0) is 50.5 Å². The highest BCUT2D eigenvalue weighted by Crippen LogP contribution is 2.30. The molecule has 0 aliphatic carbocycles. The van der Waals surface area contributed by atoms with E-state index in [1.165, 1.54) is 12.8 Å². The number of benzene rings is 1. The largest absolute Gasteiger partial charge is 0.493 e. The van der Waals surface area contributed by atoms with Crippen molar-refractivity contribution in [1.29, 1.82) is 0 Å². The molecule has 0 spiro atoms. The number of hydrogen-bond donors (Lipinski definition) is 2. The smallest absolute Gasteiger partial charge is 0.196 e. The van der Waals surface area contributed by atoms with Crippen molar-refractivity contribution in [2.24, 2.45) is 4.99 Å². The maximum atomic E-state index is 5.58. The van der Waals surface area contributed by atoms with Gasteiger partial charge in [0, 0.05) is 37.6 Å². The second-order valence-electron chi connectivity index (χ2n) is 6.84. The van der Waals surface area contributed by atoms with E-state index in [0.29, 0.717) is 24.9 Å². The number of pyridine rings is 1. The zero-order chi connectivity index (χ0) is 20.5. The summed E-state index contributed by atoms with van der Waals surface area (Å²) in [5.74, 6) is 3.19. The molecular formula is C22H31N5O2. The summed E-state index contributed by atoms with van der Waals surface area (Å²) in [6, 6.07) is 9.95. The van der Waals surface area contributed by atoms with E-state index in [1.807, 2.05) is 38.2 Å². The SMILES string of the molecule is CCNC(=NCc1ccc(N2CCCC2)nc1)Nc1ccc(OCC)c(OC)c1. The van der Waals surface area contributed by atoms with Crippen LogP contribution in [0.2, 0.25) is 0 Å². The van der Waals surface area contributed by atoms with Gasteiger partial charge in [0.05, 0.1) is 20.3 Å².